The second kappa shape index (κ2) is 3.35. The van der Waals surface area contributed by atoms with Gasteiger partial charge in [0.15, 0.2) is 0 Å². The molecule has 2 heteroatoms. The van der Waals surface area contributed by atoms with Crippen LogP contribution in [-0.4, -0.2) is 37.6 Å². The molecule has 2 heterocycles. The fraction of sp³-hybridized carbons (Fsp3) is 1.00. The Kier molecular flexibility index (Phi) is 2.37. The van der Waals surface area contributed by atoms with E-state index < -0.39 is 0 Å². The highest BCUT2D eigenvalue weighted by Crippen LogP contribution is 2.35. The average molecular weight is 168 g/mol. The third-order valence-electron chi connectivity index (χ3n) is 3.53. The van der Waals surface area contributed by atoms with Gasteiger partial charge < -0.3 is 10.2 Å². The molecule has 2 aliphatic heterocycles. The molecule has 1 unspecified atom stereocenters. The van der Waals surface area contributed by atoms with Gasteiger partial charge in [-0.05, 0) is 44.3 Å². The number of nitrogens with one attached hydrogen (secondary N) is 1. The van der Waals surface area contributed by atoms with E-state index >= 15 is 0 Å². The summed E-state index contributed by atoms with van der Waals surface area (Å²) in [5, 5.41) is 3.54. The van der Waals surface area contributed by atoms with E-state index in [9.17, 15) is 0 Å². The second-order valence-corrected chi connectivity index (χ2v) is 4.40. The Morgan fingerprint density at radius 2 is 2.33 bits per heavy atom. The molecule has 2 fully saturated rings. The zero-order valence-corrected chi connectivity index (χ0v) is 8.10. The molecule has 0 aromatic heterocycles. The van der Waals surface area contributed by atoms with Crippen molar-refractivity contribution in [1.82, 2.24) is 10.2 Å². The number of hydrogen-bond donors (Lipinski definition) is 1. The summed E-state index contributed by atoms with van der Waals surface area (Å²) in [5.74, 6) is 0. The van der Waals surface area contributed by atoms with Gasteiger partial charge in [0.05, 0.1) is 0 Å². The molecular weight excluding hydrogens is 148 g/mol. The van der Waals surface area contributed by atoms with Crippen LogP contribution in [0, 0.1) is 5.41 Å². The highest BCUT2D eigenvalue weighted by atomic mass is 15.2. The van der Waals surface area contributed by atoms with Crippen LogP contribution >= 0.6 is 0 Å². The first-order valence-electron chi connectivity index (χ1n) is 5.28. The Hall–Kier alpha value is -0.0800. The first kappa shape index (κ1) is 8.52. The van der Waals surface area contributed by atoms with E-state index in [2.05, 4.69) is 17.1 Å². The number of hydrogen-bond acceptors (Lipinski definition) is 2. The van der Waals surface area contributed by atoms with Crippen molar-refractivity contribution in [3.63, 3.8) is 0 Å². The minimum Gasteiger partial charge on any atom is -0.316 e. The normalized spacial score (nSPS) is 37.8. The summed E-state index contributed by atoms with van der Waals surface area (Å²) < 4.78 is 0. The third-order valence-corrected chi connectivity index (χ3v) is 3.53. The summed E-state index contributed by atoms with van der Waals surface area (Å²) in [6.45, 7) is 8.70. The van der Waals surface area contributed by atoms with Crippen molar-refractivity contribution in [2.75, 3.05) is 32.7 Å². The predicted octanol–water partition coefficient (Wildman–Crippen LogP) is 1.08. The largest absolute Gasteiger partial charge is 0.316 e. The molecule has 2 nitrogen and oxygen atoms in total. The van der Waals surface area contributed by atoms with Crippen molar-refractivity contribution in [3.8, 4) is 0 Å². The lowest BCUT2D eigenvalue weighted by Crippen LogP contribution is -2.41. The molecule has 0 amide bonds. The summed E-state index contributed by atoms with van der Waals surface area (Å²) in [4.78, 5) is 2.59. The summed E-state index contributed by atoms with van der Waals surface area (Å²) in [6.07, 6.45) is 4.27. The molecule has 0 aromatic carbocycles. The van der Waals surface area contributed by atoms with Gasteiger partial charge in [-0.15, -0.1) is 0 Å². The van der Waals surface area contributed by atoms with Gasteiger partial charge in [0, 0.05) is 13.1 Å². The third kappa shape index (κ3) is 1.50. The van der Waals surface area contributed by atoms with Gasteiger partial charge in [0.25, 0.3) is 0 Å². The maximum Gasteiger partial charge on any atom is 0.00505 e. The molecule has 2 aliphatic rings. The van der Waals surface area contributed by atoms with Crippen LogP contribution in [0.1, 0.15) is 26.2 Å². The van der Waals surface area contributed by atoms with Gasteiger partial charge in [-0.3, -0.25) is 0 Å². The molecule has 1 spiro atoms. The molecule has 0 aliphatic carbocycles. The van der Waals surface area contributed by atoms with Crippen molar-refractivity contribution in [2.45, 2.75) is 26.2 Å². The van der Waals surface area contributed by atoms with Crippen molar-refractivity contribution in [2.24, 2.45) is 5.41 Å². The molecule has 12 heavy (non-hydrogen) atoms. The van der Waals surface area contributed by atoms with Gasteiger partial charge in [0.2, 0.25) is 0 Å². The number of nitrogens with zero attached hydrogens (tertiary/aromatic N) is 1. The molecule has 2 saturated heterocycles. The lowest BCUT2D eigenvalue weighted by Gasteiger charge is -2.33. The highest BCUT2D eigenvalue weighted by molar-refractivity contribution is 4.93. The van der Waals surface area contributed by atoms with E-state index in [1.807, 2.05) is 0 Å². The lowest BCUT2D eigenvalue weighted by molar-refractivity contribution is 0.205. The monoisotopic (exact) mass is 168 g/mol. The molecule has 70 valence electrons. The van der Waals surface area contributed by atoms with Gasteiger partial charge >= 0.3 is 0 Å². The van der Waals surface area contributed by atoms with Crippen molar-refractivity contribution in [1.29, 1.82) is 0 Å². The van der Waals surface area contributed by atoms with Crippen LogP contribution in [-0.2, 0) is 0 Å². The maximum absolute atomic E-state index is 3.54. The van der Waals surface area contributed by atoms with Gasteiger partial charge in [0.1, 0.15) is 0 Å². The van der Waals surface area contributed by atoms with Gasteiger partial charge in [-0.25, -0.2) is 0 Å². The van der Waals surface area contributed by atoms with Crippen LogP contribution < -0.4 is 5.32 Å². The van der Waals surface area contributed by atoms with Crippen LogP contribution in [0.5, 0.6) is 0 Å². The molecule has 1 atom stereocenters. The molecule has 0 radical (unpaired) electrons. The second-order valence-electron chi connectivity index (χ2n) is 4.40. The molecular formula is C10H20N2. The Bertz CT molecular complexity index is 150. The standard InChI is InChI=1S/C10H20N2/c1-2-12-7-5-10(9-12)4-3-6-11-8-10/h11H,2-9H2,1H3. The first-order chi connectivity index (χ1) is 5.85. The predicted molar refractivity (Wildman–Crippen MR) is 51.3 cm³/mol. The average Bonchev–Trinajstić information content (AvgIpc) is 2.50. The smallest absolute Gasteiger partial charge is 0.00505 e. The Morgan fingerprint density at radius 3 is 2.92 bits per heavy atom. The topological polar surface area (TPSA) is 15.3 Å². The summed E-state index contributed by atoms with van der Waals surface area (Å²) in [6, 6.07) is 0. The number of rotatable bonds is 1. The minimum absolute atomic E-state index is 0.661. The van der Waals surface area contributed by atoms with Crippen molar-refractivity contribution < 1.29 is 0 Å². The number of piperidine rings is 1. The summed E-state index contributed by atoms with van der Waals surface area (Å²) in [7, 11) is 0. The SMILES string of the molecule is CCN1CCC2(CCCNC2)C1. The first-order valence-corrected chi connectivity index (χ1v) is 5.28. The Morgan fingerprint density at radius 1 is 1.42 bits per heavy atom. The van der Waals surface area contributed by atoms with E-state index in [4.69, 9.17) is 0 Å². The van der Waals surface area contributed by atoms with E-state index in [0.717, 1.165) is 0 Å². The molecule has 1 N–H and O–H groups in total. The van der Waals surface area contributed by atoms with Gasteiger partial charge in [-0.2, -0.15) is 0 Å². The fourth-order valence-electron chi connectivity index (χ4n) is 2.68. The molecule has 2 rings (SSSR count). The van der Waals surface area contributed by atoms with Crippen LogP contribution in [0.4, 0.5) is 0 Å². The quantitative estimate of drug-likeness (QED) is 0.630. The van der Waals surface area contributed by atoms with E-state index in [-0.39, 0.29) is 0 Å². The fourth-order valence-corrected chi connectivity index (χ4v) is 2.68. The van der Waals surface area contributed by atoms with E-state index in [1.165, 1.54) is 52.0 Å². The summed E-state index contributed by atoms with van der Waals surface area (Å²) in [5.41, 5.74) is 0.661. The molecule has 0 saturated carbocycles. The summed E-state index contributed by atoms with van der Waals surface area (Å²) >= 11 is 0. The maximum atomic E-state index is 3.54. The lowest BCUT2D eigenvalue weighted by atomic mass is 9.80. The van der Waals surface area contributed by atoms with Crippen LogP contribution in [0.15, 0.2) is 0 Å². The zero-order chi connectivity index (χ0) is 8.44. The van der Waals surface area contributed by atoms with Crippen LogP contribution in [0.25, 0.3) is 0 Å². The van der Waals surface area contributed by atoms with Gasteiger partial charge in [-0.1, -0.05) is 6.92 Å². The van der Waals surface area contributed by atoms with E-state index in [1.54, 1.807) is 0 Å². The Labute approximate surface area is 75.3 Å². The molecule has 0 bridgehead atoms. The minimum atomic E-state index is 0.661. The van der Waals surface area contributed by atoms with E-state index in [0.29, 0.717) is 5.41 Å². The molecule has 0 aromatic rings. The van der Waals surface area contributed by atoms with Crippen molar-refractivity contribution in [3.05, 3.63) is 0 Å². The highest BCUT2D eigenvalue weighted by Gasteiger charge is 2.37. The Balaban J connectivity index is 1.94. The zero-order valence-electron chi connectivity index (χ0n) is 8.10. The van der Waals surface area contributed by atoms with Crippen molar-refractivity contribution >= 4 is 0 Å². The van der Waals surface area contributed by atoms with Crippen LogP contribution in [0.2, 0.25) is 0 Å². The number of likely N-dealkylation sites (tertiary alicyclic amines) is 1. The van der Waals surface area contributed by atoms with Crippen LogP contribution in [0.3, 0.4) is 0 Å².